The van der Waals surface area contributed by atoms with Gasteiger partial charge < -0.3 is 56.6 Å². The molecule has 11 N–H and O–H groups in total. The maximum Gasteiger partial charge on any atom is 0.369 e. The molecule has 0 bridgehead atoms. The molecular weight excluding hydrogens is 669 g/mol. The number of carbonyl (C=O) groups excluding carboxylic acids is 4. The molecule has 0 unspecified atom stereocenters. The Morgan fingerprint density at radius 1 is 0.818 bits per heavy atom. The summed E-state index contributed by atoms with van der Waals surface area (Å²) in [5, 5.41) is 15.2. The third kappa shape index (κ3) is 13.4. The number of nitrogens with zero attached hydrogens (tertiary/aromatic N) is 1. The van der Waals surface area contributed by atoms with Crippen LogP contribution in [0.15, 0.2) is 24.3 Å². The lowest BCUT2D eigenvalue weighted by atomic mass is 10.1. The molecule has 0 aromatic heterocycles. The third-order valence-electron chi connectivity index (χ3n) is 6.06. The second-order valence-electron chi connectivity index (χ2n) is 9.43. The number of halogens is 2. The predicted octanol–water partition coefficient (Wildman–Crippen LogP) is -1.91. The van der Waals surface area contributed by atoms with E-state index >= 15 is 0 Å². The van der Waals surface area contributed by atoms with Gasteiger partial charge in [0.1, 0.15) is 0 Å². The van der Waals surface area contributed by atoms with E-state index in [1.807, 2.05) is 29.2 Å². The van der Waals surface area contributed by atoms with Crippen LogP contribution in [-0.4, -0.2) is 110 Å². The first-order chi connectivity index (χ1) is 20.4. The summed E-state index contributed by atoms with van der Waals surface area (Å²) in [6.45, 7) is -0.622. The minimum Gasteiger partial charge on any atom is -0.369 e. The monoisotopic (exact) mass is 706 g/mol. The van der Waals surface area contributed by atoms with Crippen LogP contribution in [0.4, 0.5) is 5.69 Å². The van der Waals surface area contributed by atoms with Crippen LogP contribution in [0.2, 0.25) is 0 Å². The number of hydrogen-bond donors (Lipinski definition) is 10. The van der Waals surface area contributed by atoms with E-state index in [-0.39, 0.29) is 13.0 Å². The fourth-order valence-electron chi connectivity index (χ4n) is 3.62. The lowest BCUT2D eigenvalue weighted by Crippen LogP contribution is -2.47. The highest BCUT2D eigenvalue weighted by Crippen LogP contribution is 2.69. The van der Waals surface area contributed by atoms with Gasteiger partial charge in [0, 0.05) is 43.5 Å². The quantitative estimate of drug-likeness (QED) is 0.0403. The van der Waals surface area contributed by atoms with Crippen molar-refractivity contribution >= 4 is 67.7 Å². The van der Waals surface area contributed by atoms with Gasteiger partial charge in [0.2, 0.25) is 23.6 Å². The average molecular weight is 707 g/mol. The predicted molar refractivity (Wildman–Crippen MR) is 162 cm³/mol. The number of carbonyl (C=O) groups is 4. The van der Waals surface area contributed by atoms with E-state index in [4.69, 9.17) is 48.5 Å². The summed E-state index contributed by atoms with van der Waals surface area (Å²) in [6, 6.07) is 6.43. The maximum absolute atomic E-state index is 12.3. The van der Waals surface area contributed by atoms with E-state index in [1.54, 1.807) is 0 Å². The average Bonchev–Trinajstić information content (AvgIpc) is 2.94. The first-order valence-corrected chi connectivity index (χ1v) is 17.4. The van der Waals surface area contributed by atoms with Crippen LogP contribution in [0.25, 0.3) is 0 Å². The second-order valence-corrected chi connectivity index (χ2v) is 14.2. The molecule has 0 radical (unpaired) electrons. The zero-order valence-corrected chi connectivity index (χ0v) is 26.8. The van der Waals surface area contributed by atoms with Gasteiger partial charge in [-0.3, -0.25) is 28.3 Å². The van der Waals surface area contributed by atoms with Gasteiger partial charge in [-0.25, -0.2) is 0 Å². The minimum atomic E-state index is -5.60. The summed E-state index contributed by atoms with van der Waals surface area (Å²) in [6.07, 6.45) is -1.22. The standard InChI is InChI=1S/C23H38Cl2N6O11P2/c24-7-10-31(11-8-25)17-4-2-16(3-5-17)12-18(26)22(35)30-15-21(34)29-14-20(33)28-13-19(32)27-9-1-6-23(36,43(37,38)39)44(40,41)42/h2-5,18,36H,1,6-15,26H2,(H,27,32)(H,28,33)(H,29,34)(H,30,35)(H2,37,38,39)(H2,40,41,42)/t18-/m0/s1. The largest absolute Gasteiger partial charge is 0.369 e. The van der Waals surface area contributed by atoms with E-state index < -0.39 is 82.4 Å². The molecule has 0 spiro atoms. The van der Waals surface area contributed by atoms with Crippen molar-refractivity contribution in [3.8, 4) is 0 Å². The van der Waals surface area contributed by atoms with Crippen molar-refractivity contribution in [2.24, 2.45) is 5.73 Å². The zero-order valence-electron chi connectivity index (χ0n) is 23.5. The van der Waals surface area contributed by atoms with Crippen molar-refractivity contribution in [1.29, 1.82) is 0 Å². The van der Waals surface area contributed by atoms with Crippen molar-refractivity contribution in [3.05, 3.63) is 29.8 Å². The Kier molecular flexibility index (Phi) is 16.8. The fraction of sp³-hybridized carbons (Fsp3) is 0.565. The van der Waals surface area contributed by atoms with E-state index in [0.717, 1.165) is 11.3 Å². The van der Waals surface area contributed by atoms with Gasteiger partial charge in [-0.2, -0.15) is 0 Å². The molecule has 0 heterocycles. The Morgan fingerprint density at radius 2 is 1.27 bits per heavy atom. The lowest BCUT2D eigenvalue weighted by molar-refractivity contribution is -0.128. The molecule has 1 atom stereocenters. The zero-order chi connectivity index (χ0) is 33.6. The van der Waals surface area contributed by atoms with Crippen LogP contribution in [-0.2, 0) is 34.7 Å². The van der Waals surface area contributed by atoms with Crippen LogP contribution in [0.3, 0.4) is 0 Å². The van der Waals surface area contributed by atoms with Gasteiger partial charge in [0.25, 0.3) is 5.08 Å². The van der Waals surface area contributed by atoms with Crippen LogP contribution in [0.1, 0.15) is 18.4 Å². The molecular formula is C23H38Cl2N6O11P2. The molecule has 0 aliphatic rings. The molecule has 44 heavy (non-hydrogen) atoms. The summed E-state index contributed by atoms with van der Waals surface area (Å²) in [5.74, 6) is -1.93. The van der Waals surface area contributed by atoms with Crippen molar-refractivity contribution in [1.82, 2.24) is 21.3 Å². The number of aliphatic hydroxyl groups is 1. The van der Waals surface area contributed by atoms with Crippen molar-refractivity contribution in [2.45, 2.75) is 30.4 Å². The van der Waals surface area contributed by atoms with Gasteiger partial charge in [-0.05, 0) is 30.5 Å². The SMILES string of the molecule is N[C@@H](Cc1ccc(N(CCCl)CCCl)cc1)C(=O)NCC(=O)NCC(=O)NCC(=O)NCCCC(O)(P(=O)(O)O)P(=O)(O)O. The van der Waals surface area contributed by atoms with Crippen LogP contribution >= 0.6 is 38.4 Å². The number of alkyl halides is 2. The molecule has 0 saturated carbocycles. The smallest absolute Gasteiger partial charge is 0.369 e. The topological polar surface area (TPSA) is 281 Å². The van der Waals surface area contributed by atoms with E-state index in [2.05, 4.69) is 21.3 Å². The van der Waals surface area contributed by atoms with Crippen LogP contribution in [0, 0.1) is 0 Å². The lowest BCUT2D eigenvalue weighted by Gasteiger charge is -2.29. The Bertz CT molecular complexity index is 1190. The highest BCUT2D eigenvalue weighted by atomic mass is 35.5. The molecule has 0 aliphatic heterocycles. The minimum absolute atomic E-state index is 0.206. The number of nitrogens with two attached hydrogens (primary N) is 1. The van der Waals surface area contributed by atoms with Gasteiger partial charge in [0.05, 0.1) is 25.7 Å². The molecule has 17 nitrogen and oxygen atoms in total. The molecule has 0 fully saturated rings. The van der Waals surface area contributed by atoms with Crippen molar-refractivity contribution in [3.63, 3.8) is 0 Å². The summed E-state index contributed by atoms with van der Waals surface area (Å²) in [5.41, 5.74) is 7.66. The van der Waals surface area contributed by atoms with Crippen molar-refractivity contribution in [2.75, 3.05) is 55.9 Å². The summed E-state index contributed by atoms with van der Waals surface area (Å²) in [7, 11) is -11.2. The first kappa shape index (κ1) is 39.7. The number of anilines is 1. The van der Waals surface area contributed by atoms with Gasteiger partial charge in [0.15, 0.2) is 0 Å². The number of nitrogens with one attached hydrogen (secondary N) is 4. The number of benzene rings is 1. The van der Waals surface area contributed by atoms with Gasteiger partial charge >= 0.3 is 15.2 Å². The molecule has 1 aromatic carbocycles. The molecule has 250 valence electrons. The Balaban J connectivity index is 2.34. The number of amides is 4. The van der Waals surface area contributed by atoms with Gasteiger partial charge in [-0.15, -0.1) is 23.2 Å². The highest BCUT2D eigenvalue weighted by Gasteiger charge is 2.58. The van der Waals surface area contributed by atoms with E-state index in [9.17, 15) is 33.4 Å². The highest BCUT2D eigenvalue weighted by molar-refractivity contribution is 7.72. The van der Waals surface area contributed by atoms with Gasteiger partial charge in [-0.1, -0.05) is 12.1 Å². The van der Waals surface area contributed by atoms with Crippen LogP contribution < -0.4 is 31.9 Å². The fourth-order valence-corrected chi connectivity index (χ4v) is 6.29. The number of rotatable bonds is 20. The molecule has 0 saturated heterocycles. The third-order valence-corrected chi connectivity index (χ3v) is 10.3. The van der Waals surface area contributed by atoms with E-state index in [1.165, 1.54) is 0 Å². The molecule has 21 heteroatoms. The molecule has 0 aliphatic carbocycles. The van der Waals surface area contributed by atoms with E-state index in [0.29, 0.717) is 24.8 Å². The molecule has 1 aromatic rings. The molecule has 1 rings (SSSR count). The summed E-state index contributed by atoms with van der Waals surface area (Å²) in [4.78, 5) is 86.3. The summed E-state index contributed by atoms with van der Waals surface area (Å²) < 4.78 is 22.6. The van der Waals surface area contributed by atoms with Crippen molar-refractivity contribution < 1.29 is 53.0 Å². The Morgan fingerprint density at radius 3 is 1.73 bits per heavy atom. The molecule has 4 amide bonds. The summed E-state index contributed by atoms with van der Waals surface area (Å²) >= 11 is 11.7. The Hall–Kier alpha value is -2.30. The normalized spacial score (nSPS) is 12.6. The number of hydrogen-bond acceptors (Lipinski definition) is 9. The maximum atomic E-state index is 12.3. The Labute approximate surface area is 263 Å². The van der Waals surface area contributed by atoms with Crippen LogP contribution in [0.5, 0.6) is 0 Å². The first-order valence-electron chi connectivity index (χ1n) is 13.1. The second kappa shape index (κ2) is 18.6.